The van der Waals surface area contributed by atoms with Crippen LogP contribution in [0.2, 0.25) is 0 Å². The van der Waals surface area contributed by atoms with Crippen LogP contribution in [0.3, 0.4) is 0 Å². The van der Waals surface area contributed by atoms with Gasteiger partial charge in [0.25, 0.3) is 0 Å². The van der Waals surface area contributed by atoms with Gasteiger partial charge in [0.1, 0.15) is 5.82 Å². The highest BCUT2D eigenvalue weighted by molar-refractivity contribution is 5.89. The number of hydrogen-bond acceptors (Lipinski definition) is 2. The average molecular weight is 282 g/mol. The van der Waals surface area contributed by atoms with Crippen LogP contribution in [-0.4, -0.2) is 20.9 Å². The van der Waals surface area contributed by atoms with Crippen molar-refractivity contribution in [2.45, 2.75) is 0 Å². The second-order valence-corrected chi connectivity index (χ2v) is 4.50. The summed E-state index contributed by atoms with van der Waals surface area (Å²) in [5.74, 6) is -1.76. The monoisotopic (exact) mass is 282 g/mol. The van der Waals surface area contributed by atoms with Crippen LogP contribution >= 0.6 is 0 Å². The van der Waals surface area contributed by atoms with Crippen molar-refractivity contribution in [3.05, 3.63) is 72.2 Å². The number of carboxylic acid groups (broad SMARTS) is 1. The standard InChI is InChI=1S/C16H11FN2O2/c17-13-9-11(8-12(10-13)16(20)21)15-6-7-18-19(15)14-4-2-1-3-5-14/h1-10H,(H,20,21). The summed E-state index contributed by atoms with van der Waals surface area (Å²) in [6, 6.07) is 14.8. The Hall–Kier alpha value is -2.95. The van der Waals surface area contributed by atoms with Crippen LogP contribution < -0.4 is 0 Å². The number of halogens is 1. The molecule has 0 amide bonds. The van der Waals surface area contributed by atoms with Gasteiger partial charge in [0.2, 0.25) is 0 Å². The normalized spacial score (nSPS) is 10.5. The Morgan fingerprint density at radius 2 is 1.86 bits per heavy atom. The summed E-state index contributed by atoms with van der Waals surface area (Å²) >= 11 is 0. The summed E-state index contributed by atoms with van der Waals surface area (Å²) < 4.78 is 15.3. The molecule has 104 valence electrons. The van der Waals surface area contributed by atoms with E-state index in [1.165, 1.54) is 12.1 Å². The van der Waals surface area contributed by atoms with Crippen LogP contribution in [0.15, 0.2) is 60.8 Å². The van der Waals surface area contributed by atoms with Crippen molar-refractivity contribution in [3.8, 4) is 16.9 Å². The minimum atomic E-state index is -1.17. The van der Waals surface area contributed by atoms with Crippen molar-refractivity contribution >= 4 is 5.97 Å². The molecule has 21 heavy (non-hydrogen) atoms. The van der Waals surface area contributed by atoms with Gasteiger partial charge in [-0.25, -0.2) is 13.9 Å². The van der Waals surface area contributed by atoms with Crippen LogP contribution in [0.4, 0.5) is 4.39 Å². The Kier molecular flexibility index (Phi) is 3.23. The van der Waals surface area contributed by atoms with Crippen LogP contribution in [0.25, 0.3) is 16.9 Å². The maximum Gasteiger partial charge on any atom is 0.335 e. The minimum absolute atomic E-state index is 0.0918. The molecule has 1 heterocycles. The minimum Gasteiger partial charge on any atom is -0.478 e. The van der Waals surface area contributed by atoms with Crippen LogP contribution in [0.5, 0.6) is 0 Å². The average Bonchev–Trinajstić information content (AvgIpc) is 2.97. The lowest BCUT2D eigenvalue weighted by Gasteiger charge is -2.08. The number of aromatic carboxylic acids is 1. The van der Waals surface area contributed by atoms with E-state index in [4.69, 9.17) is 5.11 Å². The molecule has 1 N–H and O–H groups in total. The molecule has 0 aliphatic rings. The summed E-state index contributed by atoms with van der Waals surface area (Å²) in [6.07, 6.45) is 1.59. The smallest absolute Gasteiger partial charge is 0.335 e. The SMILES string of the molecule is O=C(O)c1cc(F)cc(-c2ccnn2-c2ccccc2)c1. The molecule has 0 spiro atoms. The summed E-state index contributed by atoms with van der Waals surface area (Å²) in [5, 5.41) is 13.2. The highest BCUT2D eigenvalue weighted by Crippen LogP contribution is 2.24. The summed E-state index contributed by atoms with van der Waals surface area (Å²) in [6.45, 7) is 0. The van der Waals surface area contributed by atoms with E-state index in [1.54, 1.807) is 16.9 Å². The number of aromatic nitrogens is 2. The molecule has 4 nitrogen and oxygen atoms in total. The van der Waals surface area contributed by atoms with Gasteiger partial charge in [-0.2, -0.15) is 5.10 Å². The zero-order chi connectivity index (χ0) is 14.8. The van der Waals surface area contributed by atoms with Crippen LogP contribution in [0, 0.1) is 5.82 Å². The van der Waals surface area contributed by atoms with E-state index in [0.29, 0.717) is 11.3 Å². The lowest BCUT2D eigenvalue weighted by molar-refractivity contribution is 0.0696. The molecule has 5 heteroatoms. The summed E-state index contributed by atoms with van der Waals surface area (Å²) in [7, 11) is 0. The maximum atomic E-state index is 13.6. The third-order valence-electron chi connectivity index (χ3n) is 3.08. The second-order valence-electron chi connectivity index (χ2n) is 4.50. The molecule has 0 saturated heterocycles. The van der Waals surface area contributed by atoms with E-state index in [0.717, 1.165) is 11.8 Å². The first-order chi connectivity index (χ1) is 10.1. The fourth-order valence-electron chi connectivity index (χ4n) is 2.16. The van der Waals surface area contributed by atoms with Crippen LogP contribution in [0.1, 0.15) is 10.4 Å². The van der Waals surface area contributed by atoms with Crippen molar-refractivity contribution in [2.75, 3.05) is 0 Å². The first-order valence-corrected chi connectivity index (χ1v) is 6.29. The van der Waals surface area contributed by atoms with Crippen molar-refractivity contribution < 1.29 is 14.3 Å². The number of carboxylic acids is 1. The van der Waals surface area contributed by atoms with Gasteiger partial charge in [0, 0.05) is 5.56 Å². The molecule has 3 rings (SSSR count). The molecular weight excluding hydrogens is 271 g/mol. The zero-order valence-electron chi connectivity index (χ0n) is 10.9. The van der Waals surface area contributed by atoms with E-state index < -0.39 is 11.8 Å². The Bertz CT molecular complexity index is 797. The summed E-state index contributed by atoms with van der Waals surface area (Å²) in [4.78, 5) is 11.0. The molecule has 0 radical (unpaired) electrons. The maximum absolute atomic E-state index is 13.6. The van der Waals surface area contributed by atoms with E-state index in [-0.39, 0.29) is 5.56 Å². The predicted octanol–water partition coefficient (Wildman–Crippen LogP) is 3.38. The van der Waals surface area contributed by atoms with Gasteiger partial charge in [-0.1, -0.05) is 18.2 Å². The van der Waals surface area contributed by atoms with E-state index in [1.807, 2.05) is 30.3 Å². The van der Waals surface area contributed by atoms with Crippen molar-refractivity contribution in [1.29, 1.82) is 0 Å². The lowest BCUT2D eigenvalue weighted by atomic mass is 10.1. The lowest BCUT2D eigenvalue weighted by Crippen LogP contribution is -2.01. The number of hydrogen-bond donors (Lipinski definition) is 1. The van der Waals surface area contributed by atoms with Crippen molar-refractivity contribution in [3.63, 3.8) is 0 Å². The number of para-hydroxylation sites is 1. The second kappa shape index (κ2) is 5.20. The van der Waals surface area contributed by atoms with E-state index >= 15 is 0 Å². The fraction of sp³-hybridized carbons (Fsp3) is 0. The Morgan fingerprint density at radius 1 is 1.10 bits per heavy atom. The molecule has 0 unspecified atom stereocenters. The first kappa shape index (κ1) is 13.1. The zero-order valence-corrected chi connectivity index (χ0v) is 10.9. The van der Waals surface area contributed by atoms with Crippen molar-refractivity contribution in [2.24, 2.45) is 0 Å². The molecule has 0 fully saturated rings. The van der Waals surface area contributed by atoms with Gasteiger partial charge < -0.3 is 5.11 Å². The molecule has 0 aliphatic heterocycles. The Labute approximate surface area is 120 Å². The number of nitrogens with zero attached hydrogens (tertiary/aromatic N) is 2. The third-order valence-corrected chi connectivity index (χ3v) is 3.08. The first-order valence-electron chi connectivity index (χ1n) is 6.29. The summed E-state index contributed by atoms with van der Waals surface area (Å²) in [5.41, 5.74) is 1.82. The quantitative estimate of drug-likeness (QED) is 0.801. The van der Waals surface area contributed by atoms with Gasteiger partial charge in [0.15, 0.2) is 0 Å². The number of carbonyl (C=O) groups is 1. The third kappa shape index (κ3) is 2.53. The van der Waals surface area contributed by atoms with Gasteiger partial charge in [-0.15, -0.1) is 0 Å². The van der Waals surface area contributed by atoms with Crippen molar-refractivity contribution in [1.82, 2.24) is 9.78 Å². The van der Waals surface area contributed by atoms with Gasteiger partial charge in [-0.3, -0.25) is 0 Å². The molecule has 3 aromatic rings. The molecule has 0 atom stereocenters. The topological polar surface area (TPSA) is 55.1 Å². The molecule has 1 aromatic heterocycles. The van der Waals surface area contributed by atoms with E-state index in [9.17, 15) is 9.18 Å². The predicted molar refractivity (Wildman–Crippen MR) is 75.9 cm³/mol. The number of benzene rings is 2. The highest BCUT2D eigenvalue weighted by atomic mass is 19.1. The molecule has 2 aromatic carbocycles. The molecule has 0 saturated carbocycles. The number of rotatable bonds is 3. The fourth-order valence-corrected chi connectivity index (χ4v) is 2.16. The van der Waals surface area contributed by atoms with Crippen LogP contribution in [-0.2, 0) is 0 Å². The molecule has 0 bridgehead atoms. The van der Waals surface area contributed by atoms with E-state index in [2.05, 4.69) is 5.10 Å². The van der Waals surface area contributed by atoms with Gasteiger partial charge in [0.05, 0.1) is 23.1 Å². The highest BCUT2D eigenvalue weighted by Gasteiger charge is 2.12. The molecular formula is C16H11FN2O2. The molecule has 0 aliphatic carbocycles. The van der Waals surface area contributed by atoms with Gasteiger partial charge >= 0.3 is 5.97 Å². The van der Waals surface area contributed by atoms with Gasteiger partial charge in [-0.05, 0) is 36.4 Å². The Morgan fingerprint density at radius 3 is 2.57 bits per heavy atom. The Balaban J connectivity index is 2.15. The largest absolute Gasteiger partial charge is 0.478 e.